The summed E-state index contributed by atoms with van der Waals surface area (Å²) in [6.07, 6.45) is 1.66. The number of nitrogens with zero attached hydrogens (tertiary/aromatic N) is 1. The summed E-state index contributed by atoms with van der Waals surface area (Å²) in [6, 6.07) is 19.8. The minimum Gasteiger partial charge on any atom is -0.346 e. The van der Waals surface area contributed by atoms with Gasteiger partial charge in [0.25, 0.3) is 15.9 Å². The molecule has 0 fully saturated rings. The normalized spacial score (nSPS) is 11.3. The fourth-order valence-electron chi connectivity index (χ4n) is 3.25. The molecular weight excluding hydrogens is 469 g/mol. The van der Waals surface area contributed by atoms with Crippen LogP contribution < -0.4 is 10.0 Å². The van der Waals surface area contributed by atoms with Crippen LogP contribution >= 0.6 is 23.2 Å². The molecule has 1 amide bonds. The first-order chi connectivity index (χ1) is 15.3. The Morgan fingerprint density at radius 2 is 1.59 bits per heavy atom. The first-order valence-electron chi connectivity index (χ1n) is 9.52. The summed E-state index contributed by atoms with van der Waals surface area (Å²) in [6.45, 7) is 0.276. The molecule has 162 valence electrons. The van der Waals surface area contributed by atoms with Crippen LogP contribution in [0.5, 0.6) is 0 Å². The Labute approximate surface area is 195 Å². The van der Waals surface area contributed by atoms with E-state index in [-0.39, 0.29) is 27.4 Å². The van der Waals surface area contributed by atoms with Gasteiger partial charge in [-0.1, -0.05) is 53.5 Å². The maximum atomic E-state index is 12.9. The Hall–Kier alpha value is -3.13. The number of fused-ring (bicyclic) bond motifs is 1. The van der Waals surface area contributed by atoms with Gasteiger partial charge in [0.2, 0.25) is 0 Å². The molecule has 4 rings (SSSR count). The standard InChI is InChI=1S/C23H17Cl2N3O3S/c24-15-11-16(25)13-18(12-15)32(30,31)28-22-9-4-6-19-20(22)7-3-8-21(19)23(29)27-14-17-5-1-2-10-26-17/h1-13,28H,14H2,(H,27,29). The van der Waals surface area contributed by atoms with Crippen molar-refractivity contribution in [2.45, 2.75) is 11.4 Å². The van der Waals surface area contributed by atoms with Crippen LogP contribution in [0.2, 0.25) is 10.0 Å². The van der Waals surface area contributed by atoms with E-state index in [1.807, 2.05) is 12.1 Å². The molecule has 0 radical (unpaired) electrons. The maximum Gasteiger partial charge on any atom is 0.262 e. The molecule has 2 N–H and O–H groups in total. The lowest BCUT2D eigenvalue weighted by Crippen LogP contribution is -2.23. The van der Waals surface area contributed by atoms with Gasteiger partial charge in [-0.25, -0.2) is 8.42 Å². The highest BCUT2D eigenvalue weighted by atomic mass is 35.5. The summed E-state index contributed by atoms with van der Waals surface area (Å²) in [7, 11) is -3.96. The molecular formula is C23H17Cl2N3O3S. The number of carbonyl (C=O) groups is 1. The van der Waals surface area contributed by atoms with E-state index in [0.29, 0.717) is 22.0 Å². The van der Waals surface area contributed by atoms with E-state index in [1.54, 1.807) is 48.7 Å². The Kier molecular flexibility index (Phi) is 6.32. The summed E-state index contributed by atoms with van der Waals surface area (Å²) < 4.78 is 28.4. The quantitative estimate of drug-likeness (QED) is 0.389. The predicted molar refractivity (Wildman–Crippen MR) is 127 cm³/mol. The fourth-order valence-corrected chi connectivity index (χ4v) is 5.06. The number of hydrogen-bond donors (Lipinski definition) is 2. The van der Waals surface area contributed by atoms with Gasteiger partial charge in [-0.2, -0.15) is 0 Å². The molecule has 9 heteroatoms. The summed E-state index contributed by atoms with van der Waals surface area (Å²) in [5.41, 5.74) is 1.48. The molecule has 0 unspecified atom stereocenters. The fraction of sp³-hybridized carbons (Fsp3) is 0.0435. The van der Waals surface area contributed by atoms with Gasteiger partial charge < -0.3 is 5.32 Å². The van der Waals surface area contributed by atoms with E-state index in [4.69, 9.17) is 23.2 Å². The molecule has 0 spiro atoms. The molecule has 0 bridgehead atoms. The molecule has 0 aliphatic heterocycles. The van der Waals surface area contributed by atoms with Crippen molar-refractivity contribution in [3.63, 3.8) is 0 Å². The third-order valence-corrected chi connectivity index (χ3v) is 6.49. The Bertz CT molecular complexity index is 1390. The zero-order valence-corrected chi connectivity index (χ0v) is 18.9. The van der Waals surface area contributed by atoms with Crippen LogP contribution in [0.1, 0.15) is 16.1 Å². The smallest absolute Gasteiger partial charge is 0.262 e. The second-order valence-electron chi connectivity index (χ2n) is 6.92. The van der Waals surface area contributed by atoms with E-state index >= 15 is 0 Å². The Morgan fingerprint density at radius 3 is 2.31 bits per heavy atom. The van der Waals surface area contributed by atoms with Crippen LogP contribution in [-0.4, -0.2) is 19.3 Å². The predicted octanol–water partition coefficient (Wildman–Crippen LogP) is 5.27. The van der Waals surface area contributed by atoms with Crippen LogP contribution in [0.15, 0.2) is 83.9 Å². The number of sulfonamides is 1. The van der Waals surface area contributed by atoms with Crippen molar-refractivity contribution in [3.05, 3.63) is 100 Å². The van der Waals surface area contributed by atoms with Gasteiger partial charge >= 0.3 is 0 Å². The van der Waals surface area contributed by atoms with E-state index in [0.717, 1.165) is 5.69 Å². The van der Waals surface area contributed by atoms with E-state index < -0.39 is 10.0 Å². The van der Waals surface area contributed by atoms with Crippen molar-refractivity contribution in [1.82, 2.24) is 10.3 Å². The van der Waals surface area contributed by atoms with Crippen molar-refractivity contribution in [1.29, 1.82) is 0 Å². The van der Waals surface area contributed by atoms with Crippen molar-refractivity contribution >= 4 is 55.6 Å². The number of hydrogen-bond acceptors (Lipinski definition) is 4. The van der Waals surface area contributed by atoms with Crippen LogP contribution in [0.4, 0.5) is 5.69 Å². The van der Waals surface area contributed by atoms with Crippen LogP contribution in [0.3, 0.4) is 0 Å². The van der Waals surface area contributed by atoms with Crippen LogP contribution in [-0.2, 0) is 16.6 Å². The first kappa shape index (κ1) is 22.1. The lowest BCUT2D eigenvalue weighted by atomic mass is 10.0. The molecule has 4 aromatic rings. The molecule has 1 aromatic heterocycles. The number of benzene rings is 3. The SMILES string of the molecule is O=C(NCc1ccccn1)c1cccc2c(NS(=O)(=O)c3cc(Cl)cc(Cl)c3)cccc12. The lowest BCUT2D eigenvalue weighted by Gasteiger charge is -2.13. The number of halogens is 2. The van der Waals surface area contributed by atoms with Crippen molar-refractivity contribution in [2.24, 2.45) is 0 Å². The Balaban J connectivity index is 1.65. The van der Waals surface area contributed by atoms with Gasteiger partial charge in [0.05, 0.1) is 22.8 Å². The van der Waals surface area contributed by atoms with Gasteiger partial charge in [0, 0.05) is 27.2 Å². The number of rotatable bonds is 6. The van der Waals surface area contributed by atoms with Gasteiger partial charge in [-0.15, -0.1) is 0 Å². The molecule has 6 nitrogen and oxygen atoms in total. The topological polar surface area (TPSA) is 88.2 Å². The summed E-state index contributed by atoms with van der Waals surface area (Å²) >= 11 is 11.9. The average molecular weight is 486 g/mol. The highest BCUT2D eigenvalue weighted by Crippen LogP contribution is 2.29. The number of anilines is 1. The molecule has 0 saturated heterocycles. The second-order valence-corrected chi connectivity index (χ2v) is 9.48. The molecule has 0 aliphatic rings. The largest absolute Gasteiger partial charge is 0.346 e. The van der Waals surface area contributed by atoms with E-state index in [2.05, 4.69) is 15.0 Å². The molecule has 3 aromatic carbocycles. The third-order valence-electron chi connectivity index (χ3n) is 4.71. The highest BCUT2D eigenvalue weighted by molar-refractivity contribution is 7.92. The minimum atomic E-state index is -3.96. The monoisotopic (exact) mass is 485 g/mol. The zero-order valence-electron chi connectivity index (χ0n) is 16.5. The average Bonchev–Trinajstić information content (AvgIpc) is 2.77. The number of amides is 1. The third kappa shape index (κ3) is 4.85. The number of aromatic nitrogens is 1. The van der Waals surface area contributed by atoms with Crippen LogP contribution in [0.25, 0.3) is 10.8 Å². The summed E-state index contributed by atoms with van der Waals surface area (Å²) in [5, 5.41) is 4.45. The maximum absolute atomic E-state index is 12.9. The van der Waals surface area contributed by atoms with E-state index in [1.165, 1.54) is 18.2 Å². The number of nitrogens with one attached hydrogen (secondary N) is 2. The van der Waals surface area contributed by atoms with Gasteiger partial charge in [-0.3, -0.25) is 14.5 Å². The van der Waals surface area contributed by atoms with Crippen LogP contribution in [0, 0.1) is 0 Å². The molecule has 0 atom stereocenters. The molecule has 32 heavy (non-hydrogen) atoms. The molecule has 1 heterocycles. The second kappa shape index (κ2) is 9.16. The van der Waals surface area contributed by atoms with E-state index in [9.17, 15) is 13.2 Å². The first-order valence-corrected chi connectivity index (χ1v) is 11.8. The Morgan fingerprint density at radius 1 is 0.875 bits per heavy atom. The highest BCUT2D eigenvalue weighted by Gasteiger charge is 2.18. The summed E-state index contributed by atoms with van der Waals surface area (Å²) in [5.74, 6) is -0.289. The van der Waals surface area contributed by atoms with Crippen molar-refractivity contribution in [3.8, 4) is 0 Å². The van der Waals surface area contributed by atoms with Crippen molar-refractivity contribution < 1.29 is 13.2 Å². The van der Waals surface area contributed by atoms with Gasteiger partial charge in [-0.05, 0) is 47.9 Å². The molecule has 0 aliphatic carbocycles. The zero-order chi connectivity index (χ0) is 22.7. The minimum absolute atomic E-state index is 0.0590. The number of pyridine rings is 1. The number of carbonyl (C=O) groups excluding carboxylic acids is 1. The van der Waals surface area contributed by atoms with Crippen molar-refractivity contribution in [2.75, 3.05) is 4.72 Å². The van der Waals surface area contributed by atoms with Gasteiger partial charge in [0.15, 0.2) is 0 Å². The molecule has 0 saturated carbocycles. The lowest BCUT2D eigenvalue weighted by molar-refractivity contribution is 0.0952. The summed E-state index contributed by atoms with van der Waals surface area (Å²) in [4.78, 5) is 17.0. The van der Waals surface area contributed by atoms with Gasteiger partial charge in [0.1, 0.15) is 0 Å².